The smallest absolute Gasteiger partial charge is 0.340 e. The van der Waals surface area contributed by atoms with Crippen molar-refractivity contribution in [2.24, 2.45) is 0 Å². The van der Waals surface area contributed by atoms with Gasteiger partial charge in [0.2, 0.25) is 0 Å². The fourth-order valence-electron chi connectivity index (χ4n) is 2.49. The Morgan fingerprint density at radius 2 is 1.73 bits per heavy atom. The molecule has 0 saturated carbocycles. The molecule has 1 aromatic heterocycles. The number of hydrogen-bond donors (Lipinski definition) is 0. The summed E-state index contributed by atoms with van der Waals surface area (Å²) < 4.78 is 5.29. The minimum absolute atomic E-state index is 0.00313. The van der Waals surface area contributed by atoms with E-state index in [1.807, 2.05) is 30.3 Å². The van der Waals surface area contributed by atoms with Crippen molar-refractivity contribution in [1.82, 2.24) is 4.98 Å². The van der Waals surface area contributed by atoms with E-state index in [9.17, 15) is 14.9 Å². The number of hydrogen-bond acceptors (Lipinski definition) is 5. The molecule has 1 heterocycles. The van der Waals surface area contributed by atoms with Gasteiger partial charge in [-0.25, -0.2) is 4.79 Å². The second-order valence-corrected chi connectivity index (χ2v) is 5.70. The molecule has 3 aromatic rings. The molecule has 0 bridgehead atoms. The van der Waals surface area contributed by atoms with Crippen molar-refractivity contribution >= 4 is 11.7 Å². The van der Waals surface area contributed by atoms with E-state index in [2.05, 4.69) is 4.98 Å². The summed E-state index contributed by atoms with van der Waals surface area (Å²) >= 11 is 0. The zero-order chi connectivity index (χ0) is 18.5. The Hall–Kier alpha value is -3.54. The SMILES string of the molecule is Cc1nc(-c2ccccc2)ccc1C(=O)OCc1ccc([N+](=O)[O-])cc1. The topological polar surface area (TPSA) is 82.3 Å². The number of aromatic nitrogens is 1. The highest BCUT2D eigenvalue weighted by Gasteiger charge is 2.13. The third kappa shape index (κ3) is 3.92. The largest absolute Gasteiger partial charge is 0.457 e. The number of rotatable bonds is 5. The van der Waals surface area contributed by atoms with Crippen LogP contribution in [0.5, 0.6) is 0 Å². The Labute approximate surface area is 150 Å². The number of pyridine rings is 1. The average molecular weight is 348 g/mol. The maximum atomic E-state index is 12.3. The predicted molar refractivity (Wildman–Crippen MR) is 96.6 cm³/mol. The van der Waals surface area contributed by atoms with Gasteiger partial charge in [0, 0.05) is 17.7 Å². The van der Waals surface area contributed by atoms with Crippen LogP contribution in [-0.2, 0) is 11.3 Å². The van der Waals surface area contributed by atoms with Gasteiger partial charge in [0.05, 0.1) is 21.9 Å². The van der Waals surface area contributed by atoms with Gasteiger partial charge < -0.3 is 4.74 Å². The van der Waals surface area contributed by atoms with Crippen LogP contribution in [0.2, 0.25) is 0 Å². The number of carbonyl (C=O) groups is 1. The van der Waals surface area contributed by atoms with Gasteiger partial charge in [0.15, 0.2) is 0 Å². The zero-order valence-corrected chi connectivity index (χ0v) is 14.1. The van der Waals surface area contributed by atoms with Crippen LogP contribution in [0.1, 0.15) is 21.6 Å². The van der Waals surface area contributed by atoms with Gasteiger partial charge in [0.25, 0.3) is 5.69 Å². The van der Waals surface area contributed by atoms with Crippen LogP contribution >= 0.6 is 0 Å². The molecule has 2 aromatic carbocycles. The summed E-state index contributed by atoms with van der Waals surface area (Å²) in [4.78, 5) is 26.9. The second-order valence-electron chi connectivity index (χ2n) is 5.70. The molecule has 0 aliphatic carbocycles. The lowest BCUT2D eigenvalue weighted by Crippen LogP contribution is -2.08. The monoisotopic (exact) mass is 348 g/mol. The molecule has 0 fully saturated rings. The molecule has 0 amide bonds. The summed E-state index contributed by atoms with van der Waals surface area (Å²) in [5, 5.41) is 10.6. The molecular formula is C20H16N2O4. The molecule has 0 aliphatic heterocycles. The Balaban J connectivity index is 1.69. The molecule has 0 saturated heterocycles. The maximum Gasteiger partial charge on any atom is 0.340 e. The molecule has 0 atom stereocenters. The highest BCUT2D eigenvalue weighted by molar-refractivity contribution is 5.91. The molecule has 6 heteroatoms. The number of benzene rings is 2. The Morgan fingerprint density at radius 1 is 1.04 bits per heavy atom. The number of nitro benzene ring substituents is 1. The van der Waals surface area contributed by atoms with Gasteiger partial charge in [-0.15, -0.1) is 0 Å². The van der Waals surface area contributed by atoms with Crippen LogP contribution in [-0.4, -0.2) is 15.9 Å². The van der Waals surface area contributed by atoms with Crippen LogP contribution < -0.4 is 0 Å². The van der Waals surface area contributed by atoms with Crippen molar-refractivity contribution in [2.75, 3.05) is 0 Å². The molecule has 0 spiro atoms. The molecule has 0 radical (unpaired) electrons. The molecule has 26 heavy (non-hydrogen) atoms. The third-order valence-electron chi connectivity index (χ3n) is 3.89. The van der Waals surface area contributed by atoms with Gasteiger partial charge in [-0.2, -0.15) is 0 Å². The summed E-state index contributed by atoms with van der Waals surface area (Å²) in [6.07, 6.45) is 0. The van der Waals surface area contributed by atoms with Crippen molar-refractivity contribution in [2.45, 2.75) is 13.5 Å². The average Bonchev–Trinajstić information content (AvgIpc) is 2.67. The summed E-state index contributed by atoms with van der Waals surface area (Å²) in [6.45, 7) is 1.80. The van der Waals surface area contributed by atoms with Crippen molar-refractivity contribution in [3.8, 4) is 11.3 Å². The molecular weight excluding hydrogens is 332 g/mol. The van der Waals surface area contributed by atoms with Crippen molar-refractivity contribution in [3.05, 3.63) is 93.7 Å². The first-order valence-corrected chi connectivity index (χ1v) is 7.98. The van der Waals surface area contributed by atoms with Crippen LogP contribution in [0.3, 0.4) is 0 Å². The first-order chi connectivity index (χ1) is 12.5. The van der Waals surface area contributed by atoms with Crippen LogP contribution in [0.15, 0.2) is 66.7 Å². The fourth-order valence-corrected chi connectivity index (χ4v) is 2.49. The maximum absolute atomic E-state index is 12.3. The number of esters is 1. The number of non-ortho nitro benzene ring substituents is 1. The highest BCUT2D eigenvalue weighted by atomic mass is 16.6. The van der Waals surface area contributed by atoms with Gasteiger partial charge in [-0.05, 0) is 36.8 Å². The number of ether oxygens (including phenoxy) is 1. The molecule has 0 aliphatic rings. The number of aryl methyl sites for hydroxylation is 1. The summed E-state index contributed by atoms with van der Waals surface area (Å²) in [5.74, 6) is -0.479. The fraction of sp³-hybridized carbons (Fsp3) is 0.100. The summed E-state index contributed by atoms with van der Waals surface area (Å²) in [7, 11) is 0. The quantitative estimate of drug-likeness (QED) is 0.389. The van der Waals surface area contributed by atoms with E-state index in [-0.39, 0.29) is 12.3 Å². The molecule has 0 unspecified atom stereocenters. The van der Waals surface area contributed by atoms with E-state index in [0.717, 1.165) is 11.3 Å². The van der Waals surface area contributed by atoms with E-state index in [4.69, 9.17) is 4.74 Å². The Bertz CT molecular complexity index is 938. The predicted octanol–water partition coefficient (Wildman–Crippen LogP) is 4.32. The van der Waals surface area contributed by atoms with Gasteiger partial charge >= 0.3 is 5.97 Å². The van der Waals surface area contributed by atoms with Crippen LogP contribution in [0.25, 0.3) is 11.3 Å². The van der Waals surface area contributed by atoms with E-state index < -0.39 is 10.9 Å². The first-order valence-electron chi connectivity index (χ1n) is 7.98. The minimum Gasteiger partial charge on any atom is -0.457 e. The zero-order valence-electron chi connectivity index (χ0n) is 14.1. The van der Waals surface area contributed by atoms with E-state index in [1.54, 1.807) is 31.2 Å². The Morgan fingerprint density at radius 3 is 2.35 bits per heavy atom. The lowest BCUT2D eigenvalue weighted by atomic mass is 10.1. The molecule has 6 nitrogen and oxygen atoms in total. The number of carbonyl (C=O) groups excluding carboxylic acids is 1. The van der Waals surface area contributed by atoms with Crippen LogP contribution in [0.4, 0.5) is 5.69 Å². The third-order valence-corrected chi connectivity index (χ3v) is 3.89. The Kier molecular flexibility index (Phi) is 5.03. The van der Waals surface area contributed by atoms with Crippen LogP contribution in [0, 0.1) is 17.0 Å². The van der Waals surface area contributed by atoms with E-state index in [0.29, 0.717) is 16.8 Å². The molecule has 130 valence electrons. The van der Waals surface area contributed by atoms with Gasteiger partial charge in [-0.1, -0.05) is 30.3 Å². The van der Waals surface area contributed by atoms with Crippen molar-refractivity contribution in [1.29, 1.82) is 0 Å². The number of nitrogens with zero attached hydrogens (tertiary/aromatic N) is 2. The summed E-state index contributed by atoms with van der Waals surface area (Å²) in [5.41, 5.74) is 3.41. The van der Waals surface area contributed by atoms with Gasteiger partial charge in [0.1, 0.15) is 6.61 Å². The molecule has 3 rings (SSSR count). The van der Waals surface area contributed by atoms with Gasteiger partial charge in [-0.3, -0.25) is 15.1 Å². The number of nitro groups is 1. The lowest BCUT2D eigenvalue weighted by Gasteiger charge is -2.09. The summed E-state index contributed by atoms with van der Waals surface area (Å²) in [6, 6.07) is 19.1. The standard InChI is InChI=1S/C20H16N2O4/c1-14-18(11-12-19(21-14)16-5-3-2-4-6-16)20(23)26-13-15-7-9-17(10-8-15)22(24)25/h2-12H,13H2,1H3. The van der Waals surface area contributed by atoms with Crippen molar-refractivity contribution in [3.63, 3.8) is 0 Å². The second kappa shape index (κ2) is 7.57. The normalized spacial score (nSPS) is 10.3. The molecule has 0 N–H and O–H groups in total. The van der Waals surface area contributed by atoms with E-state index in [1.165, 1.54) is 12.1 Å². The highest BCUT2D eigenvalue weighted by Crippen LogP contribution is 2.19. The first kappa shape index (κ1) is 17.3. The van der Waals surface area contributed by atoms with Crippen molar-refractivity contribution < 1.29 is 14.5 Å². The minimum atomic E-state index is -0.479. The lowest BCUT2D eigenvalue weighted by molar-refractivity contribution is -0.384. The van der Waals surface area contributed by atoms with E-state index >= 15 is 0 Å².